The summed E-state index contributed by atoms with van der Waals surface area (Å²) in [5.74, 6) is 1.75. The van der Waals surface area contributed by atoms with E-state index in [0.717, 1.165) is 36.3 Å². The van der Waals surface area contributed by atoms with Gasteiger partial charge in [0.05, 0.1) is 5.56 Å². The van der Waals surface area contributed by atoms with Gasteiger partial charge in [-0.2, -0.15) is 4.98 Å². The molecule has 0 fully saturated rings. The summed E-state index contributed by atoms with van der Waals surface area (Å²) in [6.07, 6.45) is 4.59. The number of nitrogens with zero attached hydrogens (tertiary/aromatic N) is 4. The Morgan fingerprint density at radius 1 is 1.29 bits per heavy atom. The normalized spacial score (nSPS) is 13.6. The summed E-state index contributed by atoms with van der Waals surface area (Å²) >= 11 is 0. The van der Waals surface area contributed by atoms with E-state index in [9.17, 15) is 0 Å². The van der Waals surface area contributed by atoms with Crippen LogP contribution in [0.3, 0.4) is 0 Å². The van der Waals surface area contributed by atoms with Crippen molar-refractivity contribution < 1.29 is 4.52 Å². The third-order valence-corrected chi connectivity index (χ3v) is 4.26. The number of nitrogens with one attached hydrogen (secondary N) is 2. The summed E-state index contributed by atoms with van der Waals surface area (Å²) in [6, 6.07) is 3.76. The quantitative estimate of drug-likeness (QED) is 0.764. The second-order valence-corrected chi connectivity index (χ2v) is 5.72. The van der Waals surface area contributed by atoms with Gasteiger partial charge >= 0.3 is 0 Å². The van der Waals surface area contributed by atoms with Crippen molar-refractivity contribution in [1.29, 1.82) is 0 Å². The van der Waals surface area contributed by atoms with Gasteiger partial charge in [0.2, 0.25) is 5.82 Å². The Hall–Kier alpha value is -2.80. The van der Waals surface area contributed by atoms with Crippen LogP contribution in [-0.4, -0.2) is 33.7 Å². The number of hydrogen-bond donors (Lipinski definition) is 2. The molecule has 3 aromatic rings. The molecule has 0 bridgehead atoms. The average molecular weight is 322 g/mol. The molecule has 1 aliphatic rings. The predicted octanol–water partition coefficient (Wildman–Crippen LogP) is 2.19. The molecule has 7 nitrogen and oxygen atoms in total. The van der Waals surface area contributed by atoms with Gasteiger partial charge in [0, 0.05) is 37.2 Å². The first-order valence-electron chi connectivity index (χ1n) is 7.93. The monoisotopic (exact) mass is 322 g/mol. The van der Waals surface area contributed by atoms with Gasteiger partial charge in [-0.3, -0.25) is 4.98 Å². The minimum atomic E-state index is 0.452. The van der Waals surface area contributed by atoms with Gasteiger partial charge in [-0.25, -0.2) is 4.98 Å². The van der Waals surface area contributed by atoms with E-state index in [-0.39, 0.29) is 0 Å². The Morgan fingerprint density at radius 3 is 3.08 bits per heavy atom. The smallest absolute Gasteiger partial charge is 0.261 e. The Morgan fingerprint density at radius 2 is 2.21 bits per heavy atom. The summed E-state index contributed by atoms with van der Waals surface area (Å²) in [7, 11) is 1.82. The number of fused-ring (bicyclic) bond motifs is 1. The second-order valence-electron chi connectivity index (χ2n) is 5.72. The van der Waals surface area contributed by atoms with Crippen LogP contribution in [0, 0.1) is 6.92 Å². The molecule has 7 heteroatoms. The highest BCUT2D eigenvalue weighted by Gasteiger charge is 2.22. The maximum absolute atomic E-state index is 5.51. The van der Waals surface area contributed by atoms with Crippen LogP contribution in [0.1, 0.15) is 16.8 Å². The van der Waals surface area contributed by atoms with Crippen LogP contribution in [-0.2, 0) is 13.0 Å². The lowest BCUT2D eigenvalue weighted by atomic mass is 9.95. The molecule has 122 valence electrons. The Balaban J connectivity index is 1.82. The zero-order chi connectivity index (χ0) is 16.5. The molecule has 0 aliphatic carbocycles. The fraction of sp³-hybridized carbons (Fsp3) is 0.294. The van der Waals surface area contributed by atoms with Gasteiger partial charge in [-0.15, -0.1) is 0 Å². The number of hydrogen-bond acceptors (Lipinski definition) is 7. The van der Waals surface area contributed by atoms with Crippen LogP contribution in [0.4, 0.5) is 5.82 Å². The predicted molar refractivity (Wildman–Crippen MR) is 90.5 cm³/mol. The van der Waals surface area contributed by atoms with Crippen molar-refractivity contribution in [1.82, 2.24) is 25.4 Å². The summed E-state index contributed by atoms with van der Waals surface area (Å²) in [5.41, 5.74) is 5.15. The van der Waals surface area contributed by atoms with Gasteiger partial charge in [0.1, 0.15) is 5.82 Å². The molecule has 0 aromatic carbocycles. The maximum atomic E-state index is 5.51. The average Bonchev–Trinajstić information content (AvgIpc) is 3.11. The molecule has 24 heavy (non-hydrogen) atoms. The van der Waals surface area contributed by atoms with Crippen LogP contribution >= 0.6 is 0 Å². The first-order chi connectivity index (χ1) is 11.8. The minimum absolute atomic E-state index is 0.452. The number of aromatic nitrogens is 4. The van der Waals surface area contributed by atoms with Crippen molar-refractivity contribution in [2.75, 3.05) is 18.9 Å². The highest BCUT2D eigenvalue weighted by atomic mass is 16.5. The lowest BCUT2D eigenvalue weighted by Gasteiger charge is -2.19. The van der Waals surface area contributed by atoms with Crippen molar-refractivity contribution in [3.05, 3.63) is 41.3 Å². The van der Waals surface area contributed by atoms with Crippen LogP contribution in [0.2, 0.25) is 0 Å². The summed E-state index contributed by atoms with van der Waals surface area (Å²) in [5, 5.41) is 10.6. The molecule has 3 aromatic heterocycles. The molecule has 0 spiro atoms. The third-order valence-electron chi connectivity index (χ3n) is 4.26. The fourth-order valence-electron chi connectivity index (χ4n) is 3.08. The maximum Gasteiger partial charge on any atom is 0.261 e. The lowest BCUT2D eigenvalue weighted by molar-refractivity contribution is 0.432. The van der Waals surface area contributed by atoms with Crippen LogP contribution in [0.25, 0.3) is 22.8 Å². The molecule has 0 amide bonds. The van der Waals surface area contributed by atoms with E-state index in [1.54, 1.807) is 6.20 Å². The van der Waals surface area contributed by atoms with E-state index in [2.05, 4.69) is 30.7 Å². The summed E-state index contributed by atoms with van der Waals surface area (Å²) in [4.78, 5) is 13.4. The minimum Gasteiger partial charge on any atom is -0.372 e. The molecule has 0 radical (unpaired) electrons. The molecule has 4 rings (SSSR count). The highest BCUT2D eigenvalue weighted by Crippen LogP contribution is 2.31. The number of anilines is 1. The van der Waals surface area contributed by atoms with Crippen LogP contribution in [0.15, 0.2) is 29.0 Å². The molecular weight excluding hydrogens is 304 g/mol. The molecule has 0 atom stereocenters. The molecular formula is C17H18N6O. The summed E-state index contributed by atoms with van der Waals surface area (Å²) in [6.45, 7) is 3.75. The highest BCUT2D eigenvalue weighted by molar-refractivity contribution is 5.71. The zero-order valence-electron chi connectivity index (χ0n) is 13.6. The van der Waals surface area contributed by atoms with Gasteiger partial charge in [0.25, 0.3) is 5.89 Å². The van der Waals surface area contributed by atoms with Crippen LogP contribution in [0.5, 0.6) is 0 Å². The first-order valence-corrected chi connectivity index (χ1v) is 7.93. The van der Waals surface area contributed by atoms with Gasteiger partial charge in [-0.1, -0.05) is 5.16 Å². The SMILES string of the molecule is CNc1ncccc1-c1nc(-c2c(C)ncc3c2CCNC3)no1. The Kier molecular flexibility index (Phi) is 3.70. The largest absolute Gasteiger partial charge is 0.372 e. The molecule has 1 aliphatic heterocycles. The van der Waals surface area contributed by atoms with Crippen molar-refractivity contribution in [3.63, 3.8) is 0 Å². The molecule has 0 saturated heterocycles. The van der Waals surface area contributed by atoms with E-state index in [0.29, 0.717) is 17.5 Å². The number of aryl methyl sites for hydroxylation is 1. The van der Waals surface area contributed by atoms with Gasteiger partial charge in [-0.05, 0) is 43.1 Å². The van der Waals surface area contributed by atoms with Crippen molar-refractivity contribution in [2.24, 2.45) is 0 Å². The van der Waals surface area contributed by atoms with Gasteiger partial charge < -0.3 is 15.2 Å². The molecule has 2 N–H and O–H groups in total. The van der Waals surface area contributed by atoms with E-state index in [1.807, 2.05) is 32.3 Å². The topological polar surface area (TPSA) is 88.8 Å². The van der Waals surface area contributed by atoms with Crippen molar-refractivity contribution in [2.45, 2.75) is 19.9 Å². The third kappa shape index (κ3) is 2.43. The Bertz CT molecular complexity index is 889. The number of pyridine rings is 2. The first kappa shape index (κ1) is 14.8. The van der Waals surface area contributed by atoms with Crippen molar-refractivity contribution in [3.8, 4) is 22.8 Å². The van der Waals surface area contributed by atoms with E-state index in [1.165, 1.54) is 11.1 Å². The van der Waals surface area contributed by atoms with Crippen LogP contribution < -0.4 is 10.6 Å². The zero-order valence-corrected chi connectivity index (χ0v) is 13.6. The lowest BCUT2D eigenvalue weighted by Crippen LogP contribution is -2.24. The van der Waals surface area contributed by atoms with E-state index >= 15 is 0 Å². The van der Waals surface area contributed by atoms with Gasteiger partial charge in [0.15, 0.2) is 0 Å². The molecule has 0 unspecified atom stereocenters. The molecule has 4 heterocycles. The summed E-state index contributed by atoms with van der Waals surface area (Å²) < 4.78 is 5.51. The Labute approximate surface area is 139 Å². The second kappa shape index (κ2) is 6.01. The number of rotatable bonds is 3. The van der Waals surface area contributed by atoms with E-state index in [4.69, 9.17) is 4.52 Å². The fourth-order valence-corrected chi connectivity index (χ4v) is 3.08. The molecule has 0 saturated carbocycles. The van der Waals surface area contributed by atoms with Crippen molar-refractivity contribution >= 4 is 5.82 Å². The van der Waals surface area contributed by atoms with E-state index < -0.39 is 0 Å². The standard InChI is InChI=1S/C17H18N6O/c1-10-14(12-5-7-19-8-11(12)9-21-10)16-22-17(24-23-16)13-4-3-6-20-15(13)18-2/h3-4,6,9,19H,5,7-8H2,1-2H3,(H,18,20).